The normalized spacial score (nSPS) is 14.1. The van der Waals surface area contributed by atoms with Crippen LogP contribution in [0.4, 0.5) is 0 Å². The van der Waals surface area contributed by atoms with Crippen LogP contribution in [0.3, 0.4) is 0 Å². The summed E-state index contributed by atoms with van der Waals surface area (Å²) in [6.07, 6.45) is 0.124. The van der Waals surface area contributed by atoms with E-state index in [-0.39, 0.29) is 12.2 Å². The van der Waals surface area contributed by atoms with Crippen LogP contribution in [0.5, 0.6) is 0 Å². The lowest BCUT2D eigenvalue weighted by Gasteiger charge is -2.16. The van der Waals surface area contributed by atoms with Crippen molar-refractivity contribution >= 4 is 33.3 Å². The summed E-state index contributed by atoms with van der Waals surface area (Å²) >= 11 is 8.76. The number of alkyl halides is 1. The lowest BCUT2D eigenvalue weighted by molar-refractivity contribution is -0.496. The average molecular weight is 321 g/mol. The third-order valence-electron chi connectivity index (χ3n) is 2.34. The third kappa shape index (κ3) is 4.09. The van der Waals surface area contributed by atoms with Gasteiger partial charge in [-0.15, -0.1) is 0 Å². The highest BCUT2D eigenvalue weighted by Crippen LogP contribution is 2.30. The van der Waals surface area contributed by atoms with Gasteiger partial charge in [-0.05, 0) is 40.5 Å². The maximum atomic E-state index is 11.2. The number of nitrogens with zero attached hydrogens (tertiary/aromatic N) is 1. The van der Waals surface area contributed by atoms with Crippen LogP contribution in [-0.2, 0) is 4.79 Å². The molecule has 92 valence electrons. The second-order valence-electron chi connectivity index (χ2n) is 3.72. The molecule has 4 nitrogen and oxygen atoms in total. The summed E-state index contributed by atoms with van der Waals surface area (Å²) in [6.45, 7) is 1.42. The van der Waals surface area contributed by atoms with E-state index in [2.05, 4.69) is 15.9 Å². The van der Waals surface area contributed by atoms with Gasteiger partial charge in [-0.25, -0.2) is 0 Å². The Morgan fingerprint density at radius 3 is 2.41 bits per heavy atom. The molecule has 0 saturated carbocycles. The van der Waals surface area contributed by atoms with E-state index in [9.17, 15) is 14.9 Å². The van der Waals surface area contributed by atoms with Gasteiger partial charge in [0.05, 0.1) is 5.92 Å². The molecule has 0 saturated heterocycles. The predicted octanol–water partition coefficient (Wildman–Crippen LogP) is 3.40. The molecule has 0 heterocycles. The summed E-state index contributed by atoms with van der Waals surface area (Å²) in [4.78, 5) is 20.5. The maximum absolute atomic E-state index is 11.2. The Morgan fingerprint density at radius 2 is 2.00 bits per heavy atom. The van der Waals surface area contributed by atoms with Crippen LogP contribution in [0.1, 0.15) is 24.8 Å². The molecule has 0 fully saturated rings. The van der Waals surface area contributed by atoms with Crippen molar-refractivity contribution < 1.29 is 9.72 Å². The minimum absolute atomic E-state index is 0.0868. The average Bonchev–Trinajstić information content (AvgIpc) is 2.26. The van der Waals surface area contributed by atoms with Crippen LogP contribution in [0.2, 0.25) is 5.02 Å². The van der Waals surface area contributed by atoms with E-state index in [1.54, 1.807) is 24.3 Å². The molecule has 0 bridgehead atoms. The van der Waals surface area contributed by atoms with Gasteiger partial charge in [-0.1, -0.05) is 23.7 Å². The van der Waals surface area contributed by atoms with E-state index in [0.29, 0.717) is 5.02 Å². The Balaban J connectivity index is 3.01. The fourth-order valence-electron chi connectivity index (χ4n) is 1.54. The van der Waals surface area contributed by atoms with Crippen molar-refractivity contribution in [3.8, 4) is 0 Å². The molecule has 1 aromatic carbocycles. The van der Waals surface area contributed by atoms with Crippen molar-refractivity contribution in [1.29, 1.82) is 0 Å². The van der Waals surface area contributed by atoms with Gasteiger partial charge in [0, 0.05) is 16.4 Å². The van der Waals surface area contributed by atoms with Gasteiger partial charge in [0.1, 0.15) is 5.78 Å². The summed E-state index contributed by atoms with van der Waals surface area (Å²) in [6, 6.07) is 6.72. The summed E-state index contributed by atoms with van der Waals surface area (Å²) in [7, 11) is 0. The molecule has 0 aliphatic rings. The number of halogens is 2. The molecule has 1 rings (SSSR count). The van der Waals surface area contributed by atoms with Crippen molar-refractivity contribution in [1.82, 2.24) is 0 Å². The Labute approximate surface area is 112 Å². The molecule has 0 aliphatic carbocycles. The molecular formula is C11H11BrClNO3. The third-order valence-corrected chi connectivity index (χ3v) is 3.56. The number of hydrogen-bond acceptors (Lipinski definition) is 3. The van der Waals surface area contributed by atoms with Crippen molar-refractivity contribution in [3.05, 3.63) is 45.0 Å². The van der Waals surface area contributed by atoms with Gasteiger partial charge in [-0.3, -0.25) is 10.1 Å². The number of hydrogen-bond donors (Lipinski definition) is 0. The molecule has 0 amide bonds. The lowest BCUT2D eigenvalue weighted by atomic mass is 9.94. The summed E-state index contributed by atoms with van der Waals surface area (Å²) < 4.78 is 0. The fourth-order valence-corrected chi connectivity index (χ4v) is 2.16. The first-order valence-electron chi connectivity index (χ1n) is 4.94. The van der Waals surface area contributed by atoms with Crippen LogP contribution in [0.25, 0.3) is 0 Å². The van der Waals surface area contributed by atoms with Crippen molar-refractivity contribution in [2.45, 2.75) is 24.2 Å². The molecule has 2 atom stereocenters. The van der Waals surface area contributed by atoms with Crippen LogP contribution >= 0.6 is 27.5 Å². The molecule has 1 aromatic rings. The SMILES string of the molecule is CC(=O)CC(c1ccc(Cl)cc1)C(Br)[N+](=O)[O-]. The Bertz CT molecular complexity index is 421. The highest BCUT2D eigenvalue weighted by molar-refractivity contribution is 9.09. The van der Waals surface area contributed by atoms with Crippen molar-refractivity contribution in [2.75, 3.05) is 0 Å². The van der Waals surface area contributed by atoms with E-state index >= 15 is 0 Å². The van der Waals surface area contributed by atoms with E-state index in [1.807, 2.05) is 0 Å². The van der Waals surface area contributed by atoms with Crippen LogP contribution in [0.15, 0.2) is 24.3 Å². The summed E-state index contributed by atoms with van der Waals surface area (Å²) in [5, 5.41) is 11.3. The molecule has 2 unspecified atom stereocenters. The first-order chi connectivity index (χ1) is 7.91. The van der Waals surface area contributed by atoms with Crippen LogP contribution in [0, 0.1) is 10.1 Å². The van der Waals surface area contributed by atoms with Gasteiger partial charge >= 0.3 is 0 Å². The van der Waals surface area contributed by atoms with Crippen LogP contribution < -0.4 is 0 Å². The number of nitro groups is 1. The van der Waals surface area contributed by atoms with Gasteiger partial charge in [0.15, 0.2) is 0 Å². The van der Waals surface area contributed by atoms with E-state index in [0.717, 1.165) is 5.56 Å². The van der Waals surface area contributed by atoms with Gasteiger partial charge in [0.25, 0.3) is 4.95 Å². The molecule has 0 aromatic heterocycles. The minimum atomic E-state index is -0.979. The zero-order chi connectivity index (χ0) is 13.0. The molecule has 0 aliphatic heterocycles. The van der Waals surface area contributed by atoms with Crippen LogP contribution in [-0.4, -0.2) is 15.7 Å². The number of rotatable bonds is 5. The number of ketones is 1. The quantitative estimate of drug-likeness (QED) is 0.361. The van der Waals surface area contributed by atoms with Gasteiger partial charge in [-0.2, -0.15) is 0 Å². The maximum Gasteiger partial charge on any atom is 0.272 e. The lowest BCUT2D eigenvalue weighted by Crippen LogP contribution is -2.23. The molecule has 0 N–H and O–H groups in total. The monoisotopic (exact) mass is 319 g/mol. The Kier molecular flexibility index (Phi) is 5.08. The smallest absolute Gasteiger partial charge is 0.272 e. The van der Waals surface area contributed by atoms with Crippen molar-refractivity contribution in [3.63, 3.8) is 0 Å². The molecule has 0 radical (unpaired) electrons. The van der Waals surface area contributed by atoms with E-state index in [1.165, 1.54) is 6.92 Å². The van der Waals surface area contributed by atoms with Gasteiger partial charge < -0.3 is 4.79 Å². The second kappa shape index (κ2) is 6.12. The predicted molar refractivity (Wildman–Crippen MR) is 69.2 cm³/mol. The Hall–Kier alpha value is -0.940. The Morgan fingerprint density at radius 1 is 1.47 bits per heavy atom. The zero-order valence-corrected chi connectivity index (χ0v) is 11.4. The largest absolute Gasteiger partial charge is 0.300 e. The first-order valence-corrected chi connectivity index (χ1v) is 6.23. The number of carbonyl (C=O) groups excluding carboxylic acids is 1. The fraction of sp³-hybridized carbons (Fsp3) is 0.364. The highest BCUT2D eigenvalue weighted by Gasteiger charge is 2.30. The summed E-state index contributed by atoms with van der Waals surface area (Å²) in [5.74, 6) is -0.573. The second-order valence-corrected chi connectivity index (χ2v) is 5.10. The molecule has 17 heavy (non-hydrogen) atoms. The minimum Gasteiger partial charge on any atom is -0.300 e. The number of Topliss-reactive ketones (excluding diaryl/α,β-unsaturated/α-hetero) is 1. The molecular weight excluding hydrogens is 309 g/mol. The first kappa shape index (κ1) is 14.1. The standard InChI is InChI=1S/C11H11BrClNO3/c1-7(15)6-10(11(12)14(16)17)8-2-4-9(13)5-3-8/h2-5,10-11H,6H2,1H3. The topological polar surface area (TPSA) is 60.2 Å². The van der Waals surface area contributed by atoms with E-state index in [4.69, 9.17) is 11.6 Å². The molecule has 6 heteroatoms. The number of carbonyl (C=O) groups is 1. The summed E-state index contributed by atoms with van der Waals surface area (Å²) in [5.41, 5.74) is 0.725. The van der Waals surface area contributed by atoms with E-state index < -0.39 is 15.8 Å². The molecule has 0 spiro atoms. The zero-order valence-electron chi connectivity index (χ0n) is 9.10. The van der Waals surface area contributed by atoms with Gasteiger partial charge in [0.2, 0.25) is 0 Å². The highest BCUT2D eigenvalue weighted by atomic mass is 79.9. The number of benzene rings is 1. The van der Waals surface area contributed by atoms with Crippen molar-refractivity contribution in [2.24, 2.45) is 0 Å².